The van der Waals surface area contributed by atoms with E-state index in [1.54, 1.807) is 12.3 Å². The minimum atomic E-state index is -0.780. The first-order valence-corrected chi connectivity index (χ1v) is 7.90. The van der Waals surface area contributed by atoms with Crippen molar-refractivity contribution in [1.29, 1.82) is 0 Å². The predicted octanol–water partition coefficient (Wildman–Crippen LogP) is 2.97. The summed E-state index contributed by atoms with van der Waals surface area (Å²) in [5.74, 6) is -0.464. The van der Waals surface area contributed by atoms with Gasteiger partial charge in [0, 0.05) is 28.0 Å². The molecular formula is C19H15N5O2. The Balaban J connectivity index is 1.86. The number of pyridine rings is 1. The lowest BCUT2D eigenvalue weighted by Gasteiger charge is -2.04. The first-order chi connectivity index (χ1) is 12.5. The first-order valence-electron chi connectivity index (χ1n) is 7.90. The number of carbonyl (C=O) groups excluding carboxylic acids is 2. The van der Waals surface area contributed by atoms with Crippen molar-refractivity contribution in [3.63, 3.8) is 0 Å². The molecule has 0 saturated heterocycles. The number of hydrogen-bond acceptors (Lipinski definition) is 3. The van der Waals surface area contributed by atoms with E-state index in [4.69, 9.17) is 11.5 Å². The molecule has 0 bridgehead atoms. The van der Waals surface area contributed by atoms with Crippen molar-refractivity contribution in [3.8, 4) is 11.1 Å². The van der Waals surface area contributed by atoms with E-state index in [0.717, 1.165) is 22.0 Å². The van der Waals surface area contributed by atoms with Crippen molar-refractivity contribution >= 4 is 39.6 Å². The Hall–Kier alpha value is -3.87. The molecule has 4 rings (SSSR count). The fourth-order valence-corrected chi connectivity index (χ4v) is 3.08. The second-order valence-electron chi connectivity index (χ2n) is 5.91. The lowest BCUT2D eigenvalue weighted by molar-refractivity contribution is 0.100. The number of nitrogens with zero attached hydrogens (tertiary/aromatic N) is 1. The maximum atomic E-state index is 11.8. The molecule has 0 fully saturated rings. The number of nitrogens with one attached hydrogen (secondary N) is 2. The van der Waals surface area contributed by atoms with Gasteiger partial charge in [-0.05, 0) is 23.8 Å². The highest BCUT2D eigenvalue weighted by molar-refractivity contribution is 6.13. The zero-order chi connectivity index (χ0) is 18.3. The number of H-pyrrole nitrogens is 1. The smallest absolute Gasteiger partial charge is 0.317 e. The number of aromatic amines is 1. The standard InChI is InChI=1S/C19H15N5O2/c20-17(25)16-13-6-5-10(8-15(13)23-18(16)24-19(21)26)12-7-11-3-1-2-4-14(11)22-9-12/h1-9,23H,(H2,20,25)(H3,21,24,26). The summed E-state index contributed by atoms with van der Waals surface area (Å²) in [6.07, 6.45) is 1.80. The van der Waals surface area contributed by atoms with Gasteiger partial charge in [-0.1, -0.05) is 30.3 Å². The molecule has 0 radical (unpaired) electrons. The molecular weight excluding hydrogens is 330 g/mol. The summed E-state index contributed by atoms with van der Waals surface area (Å²) in [6.45, 7) is 0. The van der Waals surface area contributed by atoms with Crippen molar-refractivity contribution in [1.82, 2.24) is 9.97 Å². The fraction of sp³-hybridized carbons (Fsp3) is 0. The number of amides is 3. The molecule has 6 N–H and O–H groups in total. The number of benzene rings is 2. The van der Waals surface area contributed by atoms with E-state index in [-0.39, 0.29) is 11.4 Å². The third kappa shape index (κ3) is 2.61. The minimum absolute atomic E-state index is 0.189. The van der Waals surface area contributed by atoms with Crippen LogP contribution in [0.5, 0.6) is 0 Å². The van der Waals surface area contributed by atoms with E-state index in [1.807, 2.05) is 42.5 Å². The topological polar surface area (TPSA) is 127 Å². The van der Waals surface area contributed by atoms with Crippen LogP contribution in [0.1, 0.15) is 10.4 Å². The van der Waals surface area contributed by atoms with E-state index in [2.05, 4.69) is 15.3 Å². The number of fused-ring (bicyclic) bond motifs is 2. The number of nitrogens with two attached hydrogens (primary N) is 2. The van der Waals surface area contributed by atoms with Crippen molar-refractivity contribution in [2.75, 3.05) is 5.32 Å². The molecule has 2 aromatic carbocycles. The van der Waals surface area contributed by atoms with Crippen LogP contribution < -0.4 is 16.8 Å². The highest BCUT2D eigenvalue weighted by atomic mass is 16.2. The van der Waals surface area contributed by atoms with Crippen LogP contribution >= 0.6 is 0 Å². The molecule has 0 atom stereocenters. The van der Waals surface area contributed by atoms with Gasteiger partial charge in [-0.2, -0.15) is 0 Å². The van der Waals surface area contributed by atoms with Gasteiger partial charge in [-0.25, -0.2) is 4.79 Å². The number of para-hydroxylation sites is 1. The van der Waals surface area contributed by atoms with Crippen molar-refractivity contribution < 1.29 is 9.59 Å². The summed E-state index contributed by atoms with van der Waals surface area (Å²) in [5, 5.41) is 4.04. The molecule has 0 spiro atoms. The molecule has 0 aliphatic rings. The third-order valence-corrected chi connectivity index (χ3v) is 4.22. The Labute approximate surface area is 148 Å². The van der Waals surface area contributed by atoms with Gasteiger partial charge in [0.25, 0.3) is 5.91 Å². The van der Waals surface area contributed by atoms with Crippen LogP contribution in [-0.4, -0.2) is 21.9 Å². The Morgan fingerprint density at radius 3 is 2.58 bits per heavy atom. The SMILES string of the molecule is NC(=O)Nc1[nH]c2cc(-c3cnc4ccccc4c3)ccc2c1C(N)=O. The second kappa shape index (κ2) is 5.89. The van der Waals surface area contributed by atoms with E-state index in [1.165, 1.54) is 0 Å². The third-order valence-electron chi connectivity index (χ3n) is 4.22. The number of rotatable bonds is 3. The Kier molecular flexibility index (Phi) is 3.54. The van der Waals surface area contributed by atoms with E-state index < -0.39 is 11.9 Å². The van der Waals surface area contributed by atoms with Gasteiger partial charge in [0.2, 0.25) is 0 Å². The molecule has 128 valence electrons. The van der Waals surface area contributed by atoms with Gasteiger partial charge in [0.1, 0.15) is 5.82 Å². The van der Waals surface area contributed by atoms with Gasteiger partial charge in [-0.3, -0.25) is 15.1 Å². The maximum absolute atomic E-state index is 11.8. The van der Waals surface area contributed by atoms with Gasteiger partial charge >= 0.3 is 6.03 Å². The van der Waals surface area contributed by atoms with Crippen LogP contribution in [-0.2, 0) is 0 Å². The zero-order valence-corrected chi connectivity index (χ0v) is 13.6. The largest absolute Gasteiger partial charge is 0.365 e. The van der Waals surface area contributed by atoms with E-state index >= 15 is 0 Å². The summed E-state index contributed by atoms with van der Waals surface area (Å²) < 4.78 is 0. The van der Waals surface area contributed by atoms with Gasteiger partial charge < -0.3 is 16.5 Å². The molecule has 3 amide bonds. The molecule has 7 heteroatoms. The number of hydrogen-bond donors (Lipinski definition) is 4. The fourth-order valence-electron chi connectivity index (χ4n) is 3.08. The summed E-state index contributed by atoms with van der Waals surface area (Å²) in [5.41, 5.74) is 14.2. The molecule has 26 heavy (non-hydrogen) atoms. The van der Waals surface area contributed by atoms with E-state index in [9.17, 15) is 9.59 Å². The van der Waals surface area contributed by atoms with Crippen LogP contribution in [0.4, 0.5) is 10.6 Å². The molecule has 4 aromatic rings. The molecule has 0 aliphatic carbocycles. The Bertz CT molecular complexity index is 1180. The molecule has 2 heterocycles. The van der Waals surface area contributed by atoms with Crippen LogP contribution in [0.3, 0.4) is 0 Å². The van der Waals surface area contributed by atoms with Crippen LogP contribution in [0.25, 0.3) is 32.9 Å². The van der Waals surface area contributed by atoms with Gasteiger partial charge in [0.15, 0.2) is 0 Å². The number of primary amides is 2. The van der Waals surface area contributed by atoms with Crippen molar-refractivity contribution in [2.24, 2.45) is 11.5 Å². The van der Waals surface area contributed by atoms with Crippen LogP contribution in [0, 0.1) is 0 Å². The molecule has 0 aliphatic heterocycles. The van der Waals surface area contributed by atoms with Crippen LogP contribution in [0.2, 0.25) is 0 Å². The molecule has 0 saturated carbocycles. The van der Waals surface area contributed by atoms with Gasteiger partial charge in [0.05, 0.1) is 11.1 Å². The summed E-state index contributed by atoms with van der Waals surface area (Å²) in [4.78, 5) is 30.4. The number of anilines is 1. The summed E-state index contributed by atoms with van der Waals surface area (Å²) in [6, 6.07) is 14.7. The van der Waals surface area contributed by atoms with Crippen molar-refractivity contribution in [2.45, 2.75) is 0 Å². The summed E-state index contributed by atoms with van der Waals surface area (Å²) >= 11 is 0. The average Bonchev–Trinajstić information content (AvgIpc) is 2.97. The monoisotopic (exact) mass is 345 g/mol. The summed E-state index contributed by atoms with van der Waals surface area (Å²) in [7, 11) is 0. The number of urea groups is 1. The Morgan fingerprint density at radius 2 is 1.81 bits per heavy atom. The Morgan fingerprint density at radius 1 is 1.00 bits per heavy atom. The second-order valence-corrected chi connectivity index (χ2v) is 5.91. The molecule has 7 nitrogen and oxygen atoms in total. The van der Waals surface area contributed by atoms with E-state index in [0.29, 0.717) is 10.9 Å². The first kappa shape index (κ1) is 15.6. The number of aromatic nitrogens is 2. The lowest BCUT2D eigenvalue weighted by Crippen LogP contribution is -2.22. The van der Waals surface area contributed by atoms with Crippen molar-refractivity contribution in [3.05, 3.63) is 60.3 Å². The van der Waals surface area contributed by atoms with Crippen LogP contribution in [0.15, 0.2) is 54.7 Å². The average molecular weight is 345 g/mol. The molecule has 2 aromatic heterocycles. The highest BCUT2D eigenvalue weighted by Crippen LogP contribution is 2.31. The predicted molar refractivity (Wildman–Crippen MR) is 101 cm³/mol. The lowest BCUT2D eigenvalue weighted by atomic mass is 10.0. The quantitative estimate of drug-likeness (QED) is 0.456. The highest BCUT2D eigenvalue weighted by Gasteiger charge is 2.17. The maximum Gasteiger partial charge on any atom is 0.317 e. The molecule has 0 unspecified atom stereocenters. The normalized spacial score (nSPS) is 10.9. The van der Waals surface area contributed by atoms with Gasteiger partial charge in [-0.15, -0.1) is 0 Å². The zero-order valence-electron chi connectivity index (χ0n) is 13.6. The minimum Gasteiger partial charge on any atom is -0.365 e. The number of carbonyl (C=O) groups is 2.